The zero-order chi connectivity index (χ0) is 18.0. The van der Waals surface area contributed by atoms with Gasteiger partial charge >= 0.3 is 0 Å². The highest BCUT2D eigenvalue weighted by atomic mass is 15.2. The third-order valence-electron chi connectivity index (χ3n) is 4.28. The Kier molecular flexibility index (Phi) is 5.62. The Labute approximate surface area is 147 Å². The Balaban J connectivity index is 2.37. The maximum atomic E-state index is 4.91. The van der Waals surface area contributed by atoms with Gasteiger partial charge in [-0.2, -0.15) is 0 Å². The van der Waals surface area contributed by atoms with Crippen LogP contribution in [-0.2, 0) is 6.42 Å². The van der Waals surface area contributed by atoms with Gasteiger partial charge in [-0.05, 0) is 57.1 Å². The summed E-state index contributed by atoms with van der Waals surface area (Å²) in [5.41, 5.74) is 3.82. The van der Waals surface area contributed by atoms with Crippen LogP contribution in [0.5, 0.6) is 0 Å². The lowest BCUT2D eigenvalue weighted by atomic mass is 9.82. The van der Waals surface area contributed by atoms with Crippen molar-refractivity contribution in [3.8, 4) is 0 Å². The number of hydrogen-bond acceptors (Lipinski definition) is 2. The van der Waals surface area contributed by atoms with Crippen LogP contribution >= 0.6 is 0 Å². The van der Waals surface area contributed by atoms with Crippen molar-refractivity contribution in [1.29, 1.82) is 0 Å². The van der Waals surface area contributed by atoms with Gasteiger partial charge in [0.25, 0.3) is 0 Å². The summed E-state index contributed by atoms with van der Waals surface area (Å²) in [5, 5.41) is 3.82. The first-order valence-corrected chi connectivity index (χ1v) is 9.37. The zero-order valence-electron chi connectivity index (χ0n) is 16.7. The number of anilines is 1. The van der Waals surface area contributed by atoms with Crippen LogP contribution in [0.15, 0.2) is 18.3 Å². The summed E-state index contributed by atoms with van der Waals surface area (Å²) in [6.45, 7) is 15.9. The molecular weight excluding hydrogens is 294 g/mol. The van der Waals surface area contributed by atoms with E-state index in [1.165, 1.54) is 36.3 Å². The van der Waals surface area contributed by atoms with Gasteiger partial charge < -0.3 is 5.32 Å². The number of unbranched alkanes of at least 4 members (excludes halogenated alkanes) is 2. The standard InChI is InChI=1S/C21H35N3/c1-8-9-10-11-17-19(23-21(6,7)15-20(3,4)5)24-14-16(2)12-13-18(24)22-17/h12-14,23H,8-11,15H2,1-7H3. The van der Waals surface area contributed by atoms with Gasteiger partial charge in [0, 0.05) is 11.7 Å². The predicted octanol–water partition coefficient (Wildman–Crippen LogP) is 6.00. The number of rotatable bonds is 7. The lowest BCUT2D eigenvalue weighted by molar-refractivity contribution is 0.301. The van der Waals surface area contributed by atoms with Crippen LogP contribution in [0.25, 0.3) is 5.65 Å². The van der Waals surface area contributed by atoms with E-state index in [2.05, 4.69) is 76.5 Å². The van der Waals surface area contributed by atoms with E-state index in [0.717, 1.165) is 18.5 Å². The summed E-state index contributed by atoms with van der Waals surface area (Å²) in [5.74, 6) is 1.18. The highest BCUT2D eigenvalue weighted by molar-refractivity contribution is 5.57. The molecule has 0 aromatic carbocycles. The molecule has 2 heterocycles. The molecule has 0 aliphatic carbocycles. The smallest absolute Gasteiger partial charge is 0.138 e. The third-order valence-corrected chi connectivity index (χ3v) is 4.28. The highest BCUT2D eigenvalue weighted by Gasteiger charge is 2.27. The van der Waals surface area contributed by atoms with Gasteiger partial charge in [-0.3, -0.25) is 4.40 Å². The van der Waals surface area contributed by atoms with Crippen molar-refractivity contribution in [3.05, 3.63) is 29.6 Å². The molecule has 0 spiro atoms. The lowest BCUT2D eigenvalue weighted by Gasteiger charge is -2.34. The minimum absolute atomic E-state index is 0.0253. The largest absolute Gasteiger partial charge is 0.365 e. The summed E-state index contributed by atoms with van der Waals surface area (Å²) in [7, 11) is 0. The van der Waals surface area contributed by atoms with Gasteiger partial charge in [-0.1, -0.05) is 46.6 Å². The van der Waals surface area contributed by atoms with E-state index in [4.69, 9.17) is 4.98 Å². The molecule has 2 aromatic rings. The molecule has 0 atom stereocenters. The summed E-state index contributed by atoms with van der Waals surface area (Å²) in [6.07, 6.45) is 8.05. The highest BCUT2D eigenvalue weighted by Crippen LogP contribution is 2.31. The quantitative estimate of drug-likeness (QED) is 0.631. The fraction of sp³-hybridized carbons (Fsp3) is 0.667. The summed E-state index contributed by atoms with van der Waals surface area (Å²) >= 11 is 0. The first-order chi connectivity index (χ1) is 11.1. The van der Waals surface area contributed by atoms with Gasteiger partial charge in [-0.15, -0.1) is 0 Å². The van der Waals surface area contributed by atoms with E-state index < -0.39 is 0 Å². The second-order valence-corrected chi connectivity index (χ2v) is 9.05. The van der Waals surface area contributed by atoms with Gasteiger partial charge in [0.05, 0.1) is 5.69 Å². The number of imidazole rings is 1. The van der Waals surface area contributed by atoms with Gasteiger partial charge in [0.15, 0.2) is 0 Å². The Morgan fingerprint density at radius 3 is 2.42 bits per heavy atom. The van der Waals surface area contributed by atoms with Gasteiger partial charge in [0.2, 0.25) is 0 Å². The lowest BCUT2D eigenvalue weighted by Crippen LogP contribution is -2.36. The van der Waals surface area contributed by atoms with Crippen LogP contribution in [0.3, 0.4) is 0 Å². The Bertz CT molecular complexity index is 674. The topological polar surface area (TPSA) is 29.3 Å². The maximum absolute atomic E-state index is 4.91. The maximum Gasteiger partial charge on any atom is 0.138 e. The number of fused-ring (bicyclic) bond motifs is 1. The molecule has 2 aromatic heterocycles. The molecule has 0 saturated carbocycles. The van der Waals surface area contributed by atoms with E-state index in [1.54, 1.807) is 0 Å². The number of nitrogens with zero attached hydrogens (tertiary/aromatic N) is 2. The SMILES string of the molecule is CCCCCc1nc2ccc(C)cn2c1NC(C)(C)CC(C)(C)C. The van der Waals surface area contributed by atoms with Crippen LogP contribution in [0.4, 0.5) is 5.82 Å². The number of hydrogen-bond donors (Lipinski definition) is 1. The Morgan fingerprint density at radius 2 is 1.79 bits per heavy atom. The van der Waals surface area contributed by atoms with Crippen molar-refractivity contribution in [2.75, 3.05) is 5.32 Å². The van der Waals surface area contributed by atoms with Crippen LogP contribution in [0.1, 0.15) is 78.5 Å². The summed E-state index contributed by atoms with van der Waals surface area (Å²) < 4.78 is 2.24. The molecule has 3 heteroatoms. The normalized spacial score (nSPS) is 12.8. The predicted molar refractivity (Wildman–Crippen MR) is 105 cm³/mol. The molecule has 3 nitrogen and oxygen atoms in total. The summed E-state index contributed by atoms with van der Waals surface area (Å²) in [4.78, 5) is 4.91. The molecule has 24 heavy (non-hydrogen) atoms. The van der Waals surface area contributed by atoms with Crippen molar-refractivity contribution in [2.45, 2.75) is 86.1 Å². The third kappa shape index (κ3) is 4.99. The van der Waals surface area contributed by atoms with E-state index in [0.29, 0.717) is 0 Å². The molecule has 0 fully saturated rings. The molecule has 0 aliphatic heterocycles. The minimum atomic E-state index is 0.0253. The second-order valence-electron chi connectivity index (χ2n) is 9.05. The van der Waals surface area contributed by atoms with E-state index in [1.807, 2.05) is 0 Å². The van der Waals surface area contributed by atoms with Crippen LogP contribution in [0.2, 0.25) is 0 Å². The zero-order valence-corrected chi connectivity index (χ0v) is 16.7. The van der Waals surface area contributed by atoms with E-state index >= 15 is 0 Å². The molecule has 2 rings (SSSR count). The molecule has 0 radical (unpaired) electrons. The molecule has 0 bridgehead atoms. The van der Waals surface area contributed by atoms with E-state index in [9.17, 15) is 0 Å². The molecule has 1 N–H and O–H groups in total. The van der Waals surface area contributed by atoms with Gasteiger partial charge in [0.1, 0.15) is 11.5 Å². The fourth-order valence-corrected chi connectivity index (χ4v) is 3.74. The van der Waals surface area contributed by atoms with Crippen molar-refractivity contribution < 1.29 is 0 Å². The molecular formula is C21H35N3. The van der Waals surface area contributed by atoms with Crippen molar-refractivity contribution in [1.82, 2.24) is 9.38 Å². The number of nitrogens with one attached hydrogen (secondary N) is 1. The van der Waals surface area contributed by atoms with Crippen LogP contribution < -0.4 is 5.32 Å². The number of pyridine rings is 1. The monoisotopic (exact) mass is 329 g/mol. The second kappa shape index (κ2) is 7.16. The Morgan fingerprint density at radius 1 is 1.08 bits per heavy atom. The average Bonchev–Trinajstić information content (AvgIpc) is 2.74. The first-order valence-electron chi connectivity index (χ1n) is 9.37. The Hall–Kier alpha value is -1.51. The molecule has 0 saturated heterocycles. The molecule has 0 unspecified atom stereocenters. The van der Waals surface area contributed by atoms with Crippen LogP contribution in [-0.4, -0.2) is 14.9 Å². The molecule has 134 valence electrons. The molecule has 0 amide bonds. The van der Waals surface area contributed by atoms with Gasteiger partial charge in [-0.25, -0.2) is 4.98 Å². The van der Waals surface area contributed by atoms with Crippen molar-refractivity contribution in [2.24, 2.45) is 5.41 Å². The van der Waals surface area contributed by atoms with Crippen molar-refractivity contribution >= 4 is 11.5 Å². The average molecular weight is 330 g/mol. The van der Waals surface area contributed by atoms with Crippen molar-refractivity contribution in [3.63, 3.8) is 0 Å². The number of aromatic nitrogens is 2. The van der Waals surface area contributed by atoms with Crippen LogP contribution in [0, 0.1) is 12.3 Å². The number of aryl methyl sites for hydroxylation is 2. The fourth-order valence-electron chi connectivity index (χ4n) is 3.74. The minimum Gasteiger partial charge on any atom is -0.365 e. The summed E-state index contributed by atoms with van der Waals surface area (Å²) in [6, 6.07) is 4.27. The first kappa shape index (κ1) is 18.8. The van der Waals surface area contributed by atoms with E-state index in [-0.39, 0.29) is 11.0 Å². The molecule has 0 aliphatic rings.